The van der Waals surface area contributed by atoms with Crippen LogP contribution < -0.4 is 0 Å². The summed E-state index contributed by atoms with van der Waals surface area (Å²) in [4.78, 5) is 30.9. The summed E-state index contributed by atoms with van der Waals surface area (Å²) in [5.41, 5.74) is 2.23. The Bertz CT molecular complexity index is 1310. The average molecular weight is 555 g/mol. The monoisotopic (exact) mass is 554 g/mol. The molecular formula is C28H28Cl2N4O4. The van der Waals surface area contributed by atoms with Gasteiger partial charge in [-0.15, -0.1) is 0 Å². The lowest BCUT2D eigenvalue weighted by Gasteiger charge is -2.30. The van der Waals surface area contributed by atoms with E-state index >= 15 is 0 Å². The van der Waals surface area contributed by atoms with Crippen molar-refractivity contribution < 1.29 is 18.7 Å². The van der Waals surface area contributed by atoms with E-state index in [-0.39, 0.29) is 24.1 Å². The van der Waals surface area contributed by atoms with Crippen molar-refractivity contribution in [3.05, 3.63) is 93.9 Å². The molecular weight excluding hydrogens is 527 g/mol. The summed E-state index contributed by atoms with van der Waals surface area (Å²) in [6, 6.07) is 17.7. The highest BCUT2D eigenvalue weighted by molar-refractivity contribution is 6.34. The highest BCUT2D eigenvalue weighted by Crippen LogP contribution is 2.37. The first-order chi connectivity index (χ1) is 18.5. The Morgan fingerprint density at radius 2 is 1.71 bits per heavy atom. The van der Waals surface area contributed by atoms with Gasteiger partial charge in [0, 0.05) is 48.2 Å². The van der Waals surface area contributed by atoms with Gasteiger partial charge in [0.2, 0.25) is 0 Å². The Hall–Kier alpha value is -3.17. The number of nitrogens with zero attached hydrogens (tertiary/aromatic N) is 4. The Morgan fingerprint density at radius 3 is 2.42 bits per heavy atom. The van der Waals surface area contributed by atoms with Crippen molar-refractivity contribution in [2.45, 2.75) is 12.5 Å². The maximum atomic E-state index is 13.8. The molecule has 3 heterocycles. The largest absolute Gasteiger partial charge is 0.459 e. The quantitative estimate of drug-likeness (QED) is 0.402. The second kappa shape index (κ2) is 12.1. The van der Waals surface area contributed by atoms with Gasteiger partial charge in [0.15, 0.2) is 5.76 Å². The molecule has 0 spiro atoms. The zero-order valence-electron chi connectivity index (χ0n) is 20.8. The van der Waals surface area contributed by atoms with Gasteiger partial charge in [-0.25, -0.2) is 5.01 Å². The molecule has 5 rings (SSSR count). The average Bonchev–Trinajstić information content (AvgIpc) is 3.63. The summed E-state index contributed by atoms with van der Waals surface area (Å²) >= 11 is 13.0. The van der Waals surface area contributed by atoms with Gasteiger partial charge in [0.05, 0.1) is 31.2 Å². The fourth-order valence-corrected chi connectivity index (χ4v) is 5.22. The number of carbonyl (C=O) groups is 2. The van der Waals surface area contributed by atoms with Gasteiger partial charge < -0.3 is 14.1 Å². The number of hydrazone groups is 1. The van der Waals surface area contributed by atoms with Crippen LogP contribution in [0.3, 0.4) is 0 Å². The van der Waals surface area contributed by atoms with E-state index in [0.29, 0.717) is 48.5 Å². The number of halogens is 2. The third kappa shape index (κ3) is 5.94. The first-order valence-corrected chi connectivity index (χ1v) is 13.3. The molecule has 0 N–H and O–H groups in total. The van der Waals surface area contributed by atoms with Crippen LogP contribution in [0.2, 0.25) is 10.0 Å². The first kappa shape index (κ1) is 26.4. The predicted octanol–water partition coefficient (Wildman–Crippen LogP) is 4.74. The lowest BCUT2D eigenvalue weighted by molar-refractivity contribution is -0.133. The van der Waals surface area contributed by atoms with Crippen LogP contribution >= 0.6 is 23.2 Å². The first-order valence-electron chi connectivity index (χ1n) is 12.5. The lowest BCUT2D eigenvalue weighted by atomic mass is 9.98. The van der Waals surface area contributed by atoms with Crippen LogP contribution in [0.25, 0.3) is 0 Å². The molecule has 2 aromatic carbocycles. The van der Waals surface area contributed by atoms with Crippen LogP contribution in [0.5, 0.6) is 0 Å². The van der Waals surface area contributed by atoms with Gasteiger partial charge in [-0.3, -0.25) is 14.5 Å². The van der Waals surface area contributed by atoms with E-state index in [1.54, 1.807) is 24.3 Å². The van der Waals surface area contributed by atoms with Crippen LogP contribution in [-0.2, 0) is 9.53 Å². The molecule has 0 bridgehead atoms. The number of rotatable bonds is 8. The van der Waals surface area contributed by atoms with Crippen LogP contribution in [0.4, 0.5) is 0 Å². The Kier molecular flexibility index (Phi) is 8.44. The molecule has 2 amide bonds. The molecule has 0 aliphatic carbocycles. The number of hydrogen-bond donors (Lipinski definition) is 0. The van der Waals surface area contributed by atoms with Crippen molar-refractivity contribution in [1.82, 2.24) is 14.8 Å². The second-order valence-electron chi connectivity index (χ2n) is 9.16. The number of amides is 2. The molecule has 0 saturated carbocycles. The minimum atomic E-state index is -0.428. The highest BCUT2D eigenvalue weighted by Gasteiger charge is 2.36. The molecule has 0 unspecified atom stereocenters. The summed E-state index contributed by atoms with van der Waals surface area (Å²) in [7, 11) is 0. The molecule has 1 atom stereocenters. The fraction of sp³-hybridized carbons (Fsp3) is 0.321. The van der Waals surface area contributed by atoms with Crippen molar-refractivity contribution in [2.75, 3.05) is 45.9 Å². The third-order valence-electron chi connectivity index (χ3n) is 6.75. The molecule has 2 aliphatic rings. The Morgan fingerprint density at radius 1 is 0.974 bits per heavy atom. The molecule has 1 saturated heterocycles. The minimum Gasteiger partial charge on any atom is -0.459 e. The topological polar surface area (TPSA) is 78.6 Å². The minimum absolute atomic E-state index is 0.163. The Balaban J connectivity index is 1.41. The van der Waals surface area contributed by atoms with Crippen LogP contribution in [0.1, 0.15) is 34.1 Å². The number of furan rings is 1. The lowest BCUT2D eigenvalue weighted by Crippen LogP contribution is -2.46. The molecule has 198 valence electrons. The molecule has 0 radical (unpaired) electrons. The molecule has 1 aromatic heterocycles. The highest BCUT2D eigenvalue weighted by atomic mass is 35.5. The number of morpholine rings is 1. The van der Waals surface area contributed by atoms with E-state index in [4.69, 9.17) is 37.5 Å². The van der Waals surface area contributed by atoms with Crippen molar-refractivity contribution in [2.24, 2.45) is 5.10 Å². The summed E-state index contributed by atoms with van der Waals surface area (Å²) in [6.45, 7) is 3.67. The third-order valence-corrected chi connectivity index (χ3v) is 7.42. The maximum Gasteiger partial charge on any atom is 0.290 e. The van der Waals surface area contributed by atoms with Crippen LogP contribution in [-0.4, -0.2) is 78.3 Å². The van der Waals surface area contributed by atoms with E-state index in [1.165, 1.54) is 16.2 Å². The van der Waals surface area contributed by atoms with E-state index in [2.05, 4.69) is 4.90 Å². The van der Waals surface area contributed by atoms with Crippen molar-refractivity contribution in [3.63, 3.8) is 0 Å². The fourth-order valence-electron chi connectivity index (χ4n) is 4.72. The predicted molar refractivity (Wildman–Crippen MR) is 146 cm³/mol. The molecule has 1 fully saturated rings. The maximum absolute atomic E-state index is 13.8. The van der Waals surface area contributed by atoms with E-state index < -0.39 is 6.04 Å². The number of carbonyl (C=O) groups excluding carboxylic acids is 2. The van der Waals surface area contributed by atoms with Gasteiger partial charge >= 0.3 is 0 Å². The second-order valence-corrected chi connectivity index (χ2v) is 9.98. The molecule has 3 aromatic rings. The standard InChI is InChI=1S/C28H28Cl2N4O4/c29-22-8-3-1-6-20(22)24-18-25(21-7-2-4-9-23(21)30)34(31-24)27(35)19-33(28(36)26-10-5-15-38-26)12-11-32-13-16-37-17-14-32/h1-10,15,25H,11-14,16-19H2/t25-/m1/s1. The molecule has 10 heteroatoms. The van der Waals surface area contributed by atoms with Gasteiger partial charge in [0.1, 0.15) is 6.54 Å². The van der Waals surface area contributed by atoms with Crippen LogP contribution in [0.15, 0.2) is 76.4 Å². The van der Waals surface area contributed by atoms with Crippen molar-refractivity contribution in [1.29, 1.82) is 0 Å². The van der Waals surface area contributed by atoms with Gasteiger partial charge in [-0.2, -0.15) is 5.10 Å². The molecule has 8 nitrogen and oxygen atoms in total. The molecule has 2 aliphatic heterocycles. The summed E-state index contributed by atoms with van der Waals surface area (Å²) in [6.07, 6.45) is 1.89. The SMILES string of the molecule is O=C(c1ccco1)N(CCN1CCOCC1)CC(=O)N1N=C(c2ccccc2Cl)C[C@@H]1c1ccccc1Cl. The smallest absolute Gasteiger partial charge is 0.290 e. The van der Waals surface area contributed by atoms with Gasteiger partial charge in [0.25, 0.3) is 11.8 Å². The normalized spacial score (nSPS) is 17.9. The van der Waals surface area contributed by atoms with E-state index in [0.717, 1.165) is 24.2 Å². The molecule has 38 heavy (non-hydrogen) atoms. The zero-order valence-corrected chi connectivity index (χ0v) is 22.3. The van der Waals surface area contributed by atoms with Gasteiger partial charge in [-0.05, 0) is 29.8 Å². The van der Waals surface area contributed by atoms with Crippen molar-refractivity contribution >= 4 is 40.7 Å². The Labute approximate surface area is 231 Å². The summed E-state index contributed by atoms with van der Waals surface area (Å²) in [5, 5.41) is 7.25. The number of ether oxygens (including phenoxy) is 1. The van der Waals surface area contributed by atoms with E-state index in [1.807, 2.05) is 36.4 Å². The van der Waals surface area contributed by atoms with Crippen molar-refractivity contribution in [3.8, 4) is 0 Å². The van der Waals surface area contributed by atoms with E-state index in [9.17, 15) is 9.59 Å². The van der Waals surface area contributed by atoms with Gasteiger partial charge in [-0.1, -0.05) is 59.6 Å². The van der Waals surface area contributed by atoms with Crippen LogP contribution in [0, 0.1) is 0 Å². The zero-order chi connectivity index (χ0) is 26.5. The number of hydrogen-bond acceptors (Lipinski definition) is 6. The summed E-state index contributed by atoms with van der Waals surface area (Å²) in [5.74, 6) is -0.483. The summed E-state index contributed by atoms with van der Waals surface area (Å²) < 4.78 is 10.8. The number of benzene rings is 2.